The van der Waals surface area contributed by atoms with Crippen LogP contribution in [0.5, 0.6) is 0 Å². The van der Waals surface area contributed by atoms with Crippen molar-refractivity contribution in [1.29, 1.82) is 0 Å². The predicted octanol–water partition coefficient (Wildman–Crippen LogP) is 1.91. The molecule has 0 saturated carbocycles. The lowest BCUT2D eigenvalue weighted by Crippen LogP contribution is -2.24. The molecule has 0 spiro atoms. The monoisotopic (exact) mass is 260 g/mol. The summed E-state index contributed by atoms with van der Waals surface area (Å²) in [6.45, 7) is 1.64. The average molecular weight is 261 g/mol. The van der Waals surface area contributed by atoms with E-state index in [2.05, 4.69) is 10.6 Å². The molecule has 0 unspecified atom stereocenters. The van der Waals surface area contributed by atoms with Crippen LogP contribution < -0.4 is 10.6 Å². The highest BCUT2D eigenvalue weighted by Gasteiger charge is 1.94. The Morgan fingerprint density at radius 2 is 2.31 bits per heavy atom. The zero-order valence-corrected chi connectivity index (χ0v) is 10.9. The second kappa shape index (κ2) is 9.39. The molecule has 16 heavy (non-hydrogen) atoms. The number of thiophene rings is 1. The number of hydrogen-bond donors (Lipinski definition) is 2. The van der Waals surface area contributed by atoms with Crippen LogP contribution in [0.3, 0.4) is 0 Å². The summed E-state index contributed by atoms with van der Waals surface area (Å²) in [6.07, 6.45) is 4.36. The molecule has 90 valence electrons. The first-order valence-corrected chi connectivity index (χ1v) is 5.85. The Labute approximate surface area is 106 Å². The van der Waals surface area contributed by atoms with E-state index in [0.717, 1.165) is 17.8 Å². The van der Waals surface area contributed by atoms with Crippen LogP contribution in [0.2, 0.25) is 0 Å². The molecule has 1 heterocycles. The molecule has 5 heteroatoms. The van der Waals surface area contributed by atoms with Gasteiger partial charge in [0, 0.05) is 17.5 Å². The van der Waals surface area contributed by atoms with Crippen molar-refractivity contribution in [2.45, 2.75) is 6.42 Å². The van der Waals surface area contributed by atoms with E-state index < -0.39 is 0 Å². The van der Waals surface area contributed by atoms with Gasteiger partial charge in [-0.2, -0.15) is 0 Å². The molecular weight excluding hydrogens is 244 g/mol. The summed E-state index contributed by atoms with van der Waals surface area (Å²) in [5.74, 6) is -0.0282. The van der Waals surface area contributed by atoms with E-state index in [-0.39, 0.29) is 18.3 Å². The largest absolute Gasteiger partial charge is 0.353 e. The molecular formula is C11H17ClN2OS. The van der Waals surface area contributed by atoms with Crippen LogP contribution in [0.15, 0.2) is 23.6 Å². The van der Waals surface area contributed by atoms with Gasteiger partial charge in [0.05, 0.1) is 0 Å². The molecule has 3 nitrogen and oxygen atoms in total. The van der Waals surface area contributed by atoms with Gasteiger partial charge in [0.1, 0.15) is 0 Å². The number of hydrogen-bond acceptors (Lipinski definition) is 3. The van der Waals surface area contributed by atoms with Crippen molar-refractivity contribution in [2.75, 3.05) is 20.1 Å². The average Bonchev–Trinajstić information content (AvgIpc) is 2.74. The molecule has 0 aliphatic heterocycles. The molecule has 1 aromatic rings. The quantitative estimate of drug-likeness (QED) is 0.606. The van der Waals surface area contributed by atoms with E-state index in [0.29, 0.717) is 6.54 Å². The third kappa shape index (κ3) is 6.61. The number of amides is 1. The smallest absolute Gasteiger partial charge is 0.244 e. The Kier molecular flexibility index (Phi) is 8.90. The topological polar surface area (TPSA) is 41.1 Å². The maximum absolute atomic E-state index is 11.3. The molecule has 0 radical (unpaired) electrons. The van der Waals surface area contributed by atoms with Crippen molar-refractivity contribution in [3.63, 3.8) is 0 Å². The Bertz CT molecular complexity index is 312. The predicted molar refractivity (Wildman–Crippen MR) is 72.2 cm³/mol. The van der Waals surface area contributed by atoms with Gasteiger partial charge < -0.3 is 10.6 Å². The lowest BCUT2D eigenvalue weighted by molar-refractivity contribution is -0.116. The number of nitrogens with one attached hydrogen (secondary N) is 2. The standard InChI is InChI=1S/C11H16N2OS.ClH/c1-12-7-3-8-13-11(14)6-5-10-4-2-9-15-10;/h2,4-6,9,12H,3,7-8H2,1H3,(H,13,14);1H. The minimum absolute atomic E-state index is 0. The van der Waals surface area contributed by atoms with Crippen molar-refractivity contribution in [1.82, 2.24) is 10.6 Å². The highest BCUT2D eigenvalue weighted by atomic mass is 35.5. The molecule has 1 amide bonds. The fourth-order valence-electron chi connectivity index (χ4n) is 1.08. The molecule has 1 rings (SSSR count). The van der Waals surface area contributed by atoms with Crippen molar-refractivity contribution < 1.29 is 4.79 Å². The van der Waals surface area contributed by atoms with Gasteiger partial charge in [-0.05, 0) is 37.5 Å². The summed E-state index contributed by atoms with van der Waals surface area (Å²) < 4.78 is 0. The van der Waals surface area contributed by atoms with Crippen LogP contribution in [0.4, 0.5) is 0 Å². The van der Waals surface area contributed by atoms with Crippen molar-refractivity contribution >= 4 is 35.7 Å². The van der Waals surface area contributed by atoms with Crippen molar-refractivity contribution in [2.24, 2.45) is 0 Å². The second-order valence-electron chi connectivity index (χ2n) is 3.10. The van der Waals surface area contributed by atoms with E-state index in [1.165, 1.54) is 0 Å². The first kappa shape index (κ1) is 15.2. The molecule has 0 aliphatic rings. The SMILES string of the molecule is CNCCCNC(=O)C=Cc1cccs1.Cl. The van der Waals surface area contributed by atoms with Crippen molar-refractivity contribution in [3.05, 3.63) is 28.5 Å². The minimum atomic E-state index is -0.0282. The fourth-order valence-corrected chi connectivity index (χ4v) is 1.70. The normalized spacial score (nSPS) is 10.1. The molecule has 0 bridgehead atoms. The molecule has 0 aliphatic carbocycles. The van der Waals surface area contributed by atoms with Crippen LogP contribution in [0, 0.1) is 0 Å². The van der Waals surface area contributed by atoms with E-state index >= 15 is 0 Å². The summed E-state index contributed by atoms with van der Waals surface area (Å²) in [5.41, 5.74) is 0. The minimum Gasteiger partial charge on any atom is -0.353 e. The lowest BCUT2D eigenvalue weighted by atomic mass is 10.4. The maximum atomic E-state index is 11.3. The molecule has 0 saturated heterocycles. The van der Waals surface area contributed by atoms with E-state index in [4.69, 9.17) is 0 Å². The molecule has 0 aromatic carbocycles. The van der Waals surface area contributed by atoms with Crippen LogP contribution in [0.1, 0.15) is 11.3 Å². The Hall–Kier alpha value is -0.840. The Morgan fingerprint density at radius 1 is 1.50 bits per heavy atom. The van der Waals surface area contributed by atoms with E-state index in [9.17, 15) is 4.79 Å². The summed E-state index contributed by atoms with van der Waals surface area (Å²) in [7, 11) is 1.90. The van der Waals surface area contributed by atoms with Gasteiger partial charge in [0.15, 0.2) is 0 Å². The lowest BCUT2D eigenvalue weighted by Gasteiger charge is -2.00. The highest BCUT2D eigenvalue weighted by molar-refractivity contribution is 7.10. The summed E-state index contributed by atoms with van der Waals surface area (Å²) >= 11 is 1.62. The van der Waals surface area contributed by atoms with Gasteiger partial charge in [-0.3, -0.25) is 4.79 Å². The highest BCUT2D eigenvalue weighted by Crippen LogP contribution is 2.09. The number of rotatable bonds is 6. The molecule has 1 aromatic heterocycles. The maximum Gasteiger partial charge on any atom is 0.244 e. The van der Waals surface area contributed by atoms with Gasteiger partial charge in [-0.25, -0.2) is 0 Å². The van der Waals surface area contributed by atoms with Crippen LogP contribution in [-0.2, 0) is 4.79 Å². The molecule has 0 fully saturated rings. The van der Waals surface area contributed by atoms with Gasteiger partial charge >= 0.3 is 0 Å². The van der Waals surface area contributed by atoms with Gasteiger partial charge in [0.25, 0.3) is 0 Å². The van der Waals surface area contributed by atoms with Gasteiger partial charge in [-0.1, -0.05) is 6.07 Å². The first-order valence-electron chi connectivity index (χ1n) is 4.97. The Morgan fingerprint density at radius 3 is 2.94 bits per heavy atom. The van der Waals surface area contributed by atoms with Crippen molar-refractivity contribution in [3.8, 4) is 0 Å². The van der Waals surface area contributed by atoms with E-state index in [1.54, 1.807) is 17.4 Å². The second-order valence-corrected chi connectivity index (χ2v) is 4.08. The third-order valence-electron chi connectivity index (χ3n) is 1.84. The number of halogens is 1. The van der Waals surface area contributed by atoms with Crippen LogP contribution in [0.25, 0.3) is 6.08 Å². The molecule has 2 N–H and O–H groups in total. The third-order valence-corrected chi connectivity index (χ3v) is 2.68. The molecule has 0 atom stereocenters. The van der Waals surface area contributed by atoms with E-state index in [1.807, 2.05) is 30.6 Å². The number of carbonyl (C=O) groups excluding carboxylic acids is 1. The fraction of sp³-hybridized carbons (Fsp3) is 0.364. The summed E-state index contributed by atoms with van der Waals surface area (Å²) in [6, 6.07) is 3.95. The van der Waals surface area contributed by atoms with Crippen LogP contribution >= 0.6 is 23.7 Å². The number of carbonyl (C=O) groups is 1. The Balaban J connectivity index is 0.00000225. The zero-order chi connectivity index (χ0) is 10.9. The van der Waals surface area contributed by atoms with Crippen LogP contribution in [-0.4, -0.2) is 26.0 Å². The zero-order valence-electron chi connectivity index (χ0n) is 9.23. The summed E-state index contributed by atoms with van der Waals surface area (Å²) in [5, 5.41) is 7.84. The first-order chi connectivity index (χ1) is 7.33. The van der Waals surface area contributed by atoms with Gasteiger partial charge in [0.2, 0.25) is 5.91 Å². The summed E-state index contributed by atoms with van der Waals surface area (Å²) in [4.78, 5) is 12.4. The van der Waals surface area contributed by atoms with Gasteiger partial charge in [-0.15, -0.1) is 23.7 Å².